The number of benzene rings is 2. The number of carbonyl (C=O) groups is 1. The average molecular weight is 481 g/mol. The molecule has 13 heteroatoms. The average Bonchev–Trinajstić information content (AvgIpc) is 3.17. The third-order valence-electron chi connectivity index (χ3n) is 4.57. The highest BCUT2D eigenvalue weighted by atomic mass is 19.4. The molecule has 0 radical (unpaired) electrons. The molecule has 1 amide bonds. The van der Waals surface area contributed by atoms with Crippen LogP contribution in [0, 0.1) is 17.5 Å². The number of alkyl halides is 3. The molecule has 7 nitrogen and oxygen atoms in total. The number of rotatable bonds is 5. The summed E-state index contributed by atoms with van der Waals surface area (Å²) in [6.45, 7) is 2.03. The fourth-order valence-electron chi connectivity index (χ4n) is 3.15. The van der Waals surface area contributed by atoms with Crippen LogP contribution in [0.2, 0.25) is 0 Å². The van der Waals surface area contributed by atoms with E-state index in [1.807, 2.05) is 5.32 Å². The molecule has 0 saturated carbocycles. The Kier molecular flexibility index (Phi) is 5.85. The molecule has 2 heterocycles. The first kappa shape index (κ1) is 23.0. The van der Waals surface area contributed by atoms with Gasteiger partial charge < -0.3 is 10.1 Å². The Morgan fingerprint density at radius 3 is 2.44 bits per heavy atom. The Labute approximate surface area is 187 Å². The van der Waals surface area contributed by atoms with Crippen LogP contribution in [-0.2, 0) is 6.18 Å². The number of nitrogens with one attached hydrogen (secondary N) is 1. The van der Waals surface area contributed by atoms with Gasteiger partial charge in [0.05, 0.1) is 30.0 Å². The number of ether oxygens (including phenoxy) is 1. The lowest BCUT2D eigenvalue weighted by Gasteiger charge is -2.11. The second-order valence-electron chi connectivity index (χ2n) is 6.78. The molecular formula is C21H13F6N5O2. The van der Waals surface area contributed by atoms with Crippen LogP contribution < -0.4 is 10.1 Å². The van der Waals surface area contributed by atoms with Crippen LogP contribution in [0.3, 0.4) is 0 Å². The molecule has 0 unspecified atom stereocenters. The molecule has 4 aromatic rings. The van der Waals surface area contributed by atoms with Gasteiger partial charge in [0.2, 0.25) is 5.82 Å². The van der Waals surface area contributed by atoms with Crippen LogP contribution in [0.5, 0.6) is 5.75 Å². The number of fused-ring (bicyclic) bond motifs is 1. The normalized spacial score (nSPS) is 11.6. The Morgan fingerprint density at radius 1 is 1.06 bits per heavy atom. The first-order valence-corrected chi connectivity index (χ1v) is 9.60. The molecule has 0 atom stereocenters. The van der Waals surface area contributed by atoms with E-state index in [1.165, 1.54) is 18.2 Å². The number of aromatic nitrogens is 4. The van der Waals surface area contributed by atoms with E-state index in [-0.39, 0.29) is 22.7 Å². The number of hydrogen-bond donors (Lipinski definition) is 1. The predicted octanol–water partition coefficient (Wildman–Crippen LogP) is 4.90. The fourth-order valence-corrected chi connectivity index (χ4v) is 3.15. The molecule has 0 aliphatic heterocycles. The first-order valence-electron chi connectivity index (χ1n) is 9.60. The van der Waals surface area contributed by atoms with Crippen molar-refractivity contribution in [2.45, 2.75) is 13.1 Å². The van der Waals surface area contributed by atoms with Crippen LogP contribution >= 0.6 is 0 Å². The topological polar surface area (TPSA) is 81.9 Å². The van der Waals surface area contributed by atoms with E-state index in [4.69, 9.17) is 4.74 Å². The minimum atomic E-state index is -4.84. The van der Waals surface area contributed by atoms with Crippen molar-refractivity contribution in [2.24, 2.45) is 0 Å². The zero-order valence-corrected chi connectivity index (χ0v) is 17.1. The van der Waals surface area contributed by atoms with Gasteiger partial charge in [-0.1, -0.05) is 0 Å². The zero-order chi connectivity index (χ0) is 24.6. The molecule has 1 N–H and O–H groups in total. The van der Waals surface area contributed by atoms with E-state index >= 15 is 0 Å². The third kappa shape index (κ3) is 4.23. The molecule has 34 heavy (non-hydrogen) atoms. The zero-order valence-electron chi connectivity index (χ0n) is 17.1. The molecule has 0 fully saturated rings. The maximum Gasteiger partial charge on any atom is 0.450 e. The van der Waals surface area contributed by atoms with Crippen LogP contribution in [0.4, 0.5) is 32.2 Å². The molecule has 176 valence electrons. The van der Waals surface area contributed by atoms with E-state index in [2.05, 4.69) is 15.0 Å². The number of imidazole rings is 1. The first-order chi connectivity index (χ1) is 16.1. The number of hydrogen-bond acceptors (Lipinski definition) is 5. The third-order valence-corrected chi connectivity index (χ3v) is 4.57. The molecule has 2 aromatic carbocycles. The molecule has 0 saturated heterocycles. The highest BCUT2D eigenvalue weighted by Crippen LogP contribution is 2.34. The summed E-state index contributed by atoms with van der Waals surface area (Å²) in [5, 5.41) is 2.02. The van der Waals surface area contributed by atoms with Crippen molar-refractivity contribution in [3.8, 4) is 11.6 Å². The lowest BCUT2D eigenvalue weighted by atomic mass is 10.1. The largest absolute Gasteiger partial charge is 0.494 e. The molecule has 0 spiro atoms. The van der Waals surface area contributed by atoms with E-state index < -0.39 is 40.9 Å². The molecular weight excluding hydrogens is 468 g/mol. The fraction of sp³-hybridized carbons (Fsp3) is 0.143. The summed E-state index contributed by atoms with van der Waals surface area (Å²) in [6, 6.07) is 5.27. The smallest absolute Gasteiger partial charge is 0.450 e. The van der Waals surface area contributed by atoms with Crippen molar-refractivity contribution in [2.75, 3.05) is 11.9 Å². The van der Waals surface area contributed by atoms with Crippen LogP contribution in [0.15, 0.2) is 42.7 Å². The summed E-state index contributed by atoms with van der Waals surface area (Å²) in [7, 11) is 0. The molecule has 0 aliphatic carbocycles. The summed E-state index contributed by atoms with van der Waals surface area (Å²) in [5.74, 6) is -7.38. The Bertz CT molecular complexity index is 1390. The lowest BCUT2D eigenvalue weighted by molar-refractivity contribution is -0.145. The van der Waals surface area contributed by atoms with E-state index in [1.54, 1.807) is 6.92 Å². The molecule has 4 rings (SSSR count). The number of carbonyl (C=O) groups excluding carboxylic acids is 1. The lowest BCUT2D eigenvalue weighted by Crippen LogP contribution is -2.18. The van der Waals surface area contributed by atoms with Crippen molar-refractivity contribution >= 4 is 22.8 Å². The van der Waals surface area contributed by atoms with Gasteiger partial charge >= 0.3 is 6.18 Å². The number of nitrogens with zero attached hydrogens (tertiary/aromatic N) is 4. The van der Waals surface area contributed by atoms with E-state index in [9.17, 15) is 31.1 Å². The number of amides is 1. The van der Waals surface area contributed by atoms with Crippen molar-refractivity contribution in [1.29, 1.82) is 0 Å². The van der Waals surface area contributed by atoms with Gasteiger partial charge in [-0.25, -0.2) is 28.1 Å². The molecule has 0 bridgehead atoms. The van der Waals surface area contributed by atoms with Gasteiger partial charge in [-0.2, -0.15) is 13.2 Å². The van der Waals surface area contributed by atoms with Gasteiger partial charge in [-0.3, -0.25) is 9.36 Å². The van der Waals surface area contributed by atoms with Gasteiger partial charge in [0.15, 0.2) is 23.3 Å². The monoisotopic (exact) mass is 481 g/mol. The van der Waals surface area contributed by atoms with Gasteiger partial charge in [-0.15, -0.1) is 0 Å². The van der Waals surface area contributed by atoms with Gasteiger partial charge in [0.1, 0.15) is 17.1 Å². The Balaban J connectivity index is 1.70. The van der Waals surface area contributed by atoms with E-state index in [0.717, 1.165) is 17.0 Å². The van der Waals surface area contributed by atoms with Gasteiger partial charge in [-0.05, 0) is 31.2 Å². The summed E-state index contributed by atoms with van der Waals surface area (Å²) in [4.78, 5) is 23.5. The van der Waals surface area contributed by atoms with Crippen LogP contribution in [-0.4, -0.2) is 32.0 Å². The highest BCUT2D eigenvalue weighted by molar-refractivity contribution is 6.04. The maximum atomic E-state index is 13.8. The molecule has 0 aliphatic rings. The standard InChI is InChI=1S/C21H13F6N5O2/c1-2-34-10-3-6-14-13(7-10)30-20(21(25,26)27)32(14)16-9-28-15(8-29-16)31-19(33)17-11(22)4-5-12(23)18(17)24/h3-9H,2H2,1H3,(H,28,31,33). The highest BCUT2D eigenvalue weighted by Gasteiger charge is 2.38. The second kappa shape index (κ2) is 8.65. The van der Waals surface area contributed by atoms with Crippen molar-refractivity contribution in [1.82, 2.24) is 19.5 Å². The predicted molar refractivity (Wildman–Crippen MR) is 107 cm³/mol. The van der Waals surface area contributed by atoms with Crippen molar-refractivity contribution in [3.63, 3.8) is 0 Å². The van der Waals surface area contributed by atoms with Gasteiger partial charge in [0, 0.05) is 6.07 Å². The second-order valence-corrected chi connectivity index (χ2v) is 6.78. The Morgan fingerprint density at radius 2 is 1.79 bits per heavy atom. The van der Waals surface area contributed by atoms with Gasteiger partial charge in [0.25, 0.3) is 5.91 Å². The summed E-state index contributed by atoms with van der Waals surface area (Å²) < 4.78 is 87.9. The van der Waals surface area contributed by atoms with E-state index in [0.29, 0.717) is 24.5 Å². The maximum absolute atomic E-state index is 13.8. The minimum Gasteiger partial charge on any atom is -0.494 e. The minimum absolute atomic E-state index is 0.00508. The summed E-state index contributed by atoms with van der Waals surface area (Å²) in [6.07, 6.45) is -3.06. The SMILES string of the molecule is CCOc1ccc2c(c1)nc(C(F)(F)F)n2-c1cnc(NC(=O)c2c(F)ccc(F)c2F)cn1. The van der Waals surface area contributed by atoms with Crippen LogP contribution in [0.25, 0.3) is 16.9 Å². The Hall–Kier alpha value is -4.16. The quantitative estimate of drug-likeness (QED) is 0.324. The summed E-state index contributed by atoms with van der Waals surface area (Å²) in [5.41, 5.74) is -1.13. The summed E-state index contributed by atoms with van der Waals surface area (Å²) >= 11 is 0. The van der Waals surface area contributed by atoms with Crippen LogP contribution in [0.1, 0.15) is 23.1 Å². The van der Waals surface area contributed by atoms with Crippen molar-refractivity contribution in [3.05, 3.63) is 71.6 Å². The molecule has 2 aromatic heterocycles. The van der Waals surface area contributed by atoms with Crippen molar-refractivity contribution < 1.29 is 35.9 Å². The number of anilines is 1. The number of halogens is 6.